The summed E-state index contributed by atoms with van der Waals surface area (Å²) in [6.07, 6.45) is -0.0509. The quantitative estimate of drug-likeness (QED) is 0.598. The lowest BCUT2D eigenvalue weighted by molar-refractivity contribution is -0.127. The number of primary amides is 1. The molecule has 0 heterocycles. The van der Waals surface area contributed by atoms with Crippen molar-refractivity contribution in [3.05, 3.63) is 0 Å². The molecule has 0 aliphatic carbocycles. The molecule has 1 atom stereocenters. The van der Waals surface area contributed by atoms with Crippen LogP contribution in [0.4, 0.5) is 0 Å². The fourth-order valence-corrected chi connectivity index (χ4v) is 0.839. The number of aliphatic hydroxyl groups excluding tert-OH is 1. The van der Waals surface area contributed by atoms with E-state index in [9.17, 15) is 4.79 Å². The van der Waals surface area contributed by atoms with Gasteiger partial charge in [-0.05, 0) is 13.3 Å². The summed E-state index contributed by atoms with van der Waals surface area (Å²) in [5, 5.41) is 8.93. The highest BCUT2D eigenvalue weighted by Gasteiger charge is 2.26. The van der Waals surface area contributed by atoms with Crippen molar-refractivity contribution in [2.24, 2.45) is 11.1 Å². The highest BCUT2D eigenvalue weighted by Crippen LogP contribution is 2.20. The van der Waals surface area contributed by atoms with Gasteiger partial charge in [-0.2, -0.15) is 0 Å². The van der Waals surface area contributed by atoms with Gasteiger partial charge in [-0.3, -0.25) is 4.79 Å². The Balaban J connectivity index is 4.00. The van der Waals surface area contributed by atoms with E-state index < -0.39 is 11.5 Å². The third-order valence-electron chi connectivity index (χ3n) is 1.47. The van der Waals surface area contributed by atoms with Gasteiger partial charge in [0, 0.05) is 5.41 Å². The Kier molecular flexibility index (Phi) is 2.84. The van der Waals surface area contributed by atoms with Crippen LogP contribution >= 0.6 is 0 Å². The number of aliphatic hydroxyl groups is 1. The van der Waals surface area contributed by atoms with E-state index in [1.807, 2.05) is 0 Å². The molecule has 3 heteroatoms. The normalized spacial score (nSPS) is 14.8. The molecule has 0 saturated heterocycles. The predicted molar refractivity (Wildman–Crippen MR) is 39.3 cm³/mol. The molecule has 60 valence electrons. The van der Waals surface area contributed by atoms with E-state index >= 15 is 0 Å². The van der Waals surface area contributed by atoms with Gasteiger partial charge in [0.2, 0.25) is 5.91 Å². The zero-order chi connectivity index (χ0) is 8.36. The fraction of sp³-hybridized carbons (Fsp3) is 0.857. The summed E-state index contributed by atoms with van der Waals surface area (Å²) in [4.78, 5) is 10.7. The molecule has 0 aromatic carbocycles. The Morgan fingerprint density at radius 3 is 2.20 bits per heavy atom. The Hall–Kier alpha value is -0.570. The van der Waals surface area contributed by atoms with Crippen molar-refractivity contribution < 1.29 is 9.90 Å². The second kappa shape index (κ2) is 3.01. The first-order valence-corrected chi connectivity index (χ1v) is 3.34. The predicted octanol–water partition coefficient (Wildman–Crippen LogP) is 0.269. The summed E-state index contributed by atoms with van der Waals surface area (Å²) in [5.74, 6) is -0.367. The van der Waals surface area contributed by atoms with Gasteiger partial charge in [0.05, 0.1) is 6.10 Å². The SMILES string of the molecule is CC(O)CC(C)(C)C(N)=O. The highest BCUT2D eigenvalue weighted by molar-refractivity contribution is 5.79. The van der Waals surface area contributed by atoms with Crippen LogP contribution < -0.4 is 5.73 Å². The summed E-state index contributed by atoms with van der Waals surface area (Å²) >= 11 is 0. The van der Waals surface area contributed by atoms with Crippen LogP contribution in [0.2, 0.25) is 0 Å². The van der Waals surface area contributed by atoms with E-state index in [-0.39, 0.29) is 5.91 Å². The minimum Gasteiger partial charge on any atom is -0.393 e. The minimum absolute atomic E-state index is 0.367. The Bertz CT molecular complexity index is 130. The van der Waals surface area contributed by atoms with Crippen molar-refractivity contribution in [2.75, 3.05) is 0 Å². The maximum atomic E-state index is 10.7. The van der Waals surface area contributed by atoms with E-state index in [0.717, 1.165) is 0 Å². The highest BCUT2D eigenvalue weighted by atomic mass is 16.3. The number of hydrogen-bond acceptors (Lipinski definition) is 2. The minimum atomic E-state index is -0.589. The van der Waals surface area contributed by atoms with Gasteiger partial charge in [-0.25, -0.2) is 0 Å². The van der Waals surface area contributed by atoms with Crippen LogP contribution in [-0.2, 0) is 4.79 Å². The van der Waals surface area contributed by atoms with Crippen LogP contribution in [0.25, 0.3) is 0 Å². The molecule has 3 nitrogen and oxygen atoms in total. The molecular formula is C7H15NO2. The number of rotatable bonds is 3. The number of hydrogen-bond donors (Lipinski definition) is 2. The van der Waals surface area contributed by atoms with Gasteiger partial charge >= 0.3 is 0 Å². The fourth-order valence-electron chi connectivity index (χ4n) is 0.839. The van der Waals surface area contributed by atoms with Crippen LogP contribution in [0.5, 0.6) is 0 Å². The largest absolute Gasteiger partial charge is 0.393 e. The summed E-state index contributed by atoms with van der Waals surface area (Å²) in [7, 11) is 0. The van der Waals surface area contributed by atoms with Crippen molar-refractivity contribution in [2.45, 2.75) is 33.3 Å². The molecule has 1 amide bonds. The maximum Gasteiger partial charge on any atom is 0.223 e. The van der Waals surface area contributed by atoms with E-state index in [0.29, 0.717) is 6.42 Å². The van der Waals surface area contributed by atoms with Crippen molar-refractivity contribution >= 4 is 5.91 Å². The van der Waals surface area contributed by atoms with Gasteiger partial charge in [0.15, 0.2) is 0 Å². The molecule has 0 fully saturated rings. The first-order chi connectivity index (χ1) is 4.36. The molecule has 0 aromatic rings. The number of nitrogens with two attached hydrogens (primary N) is 1. The lowest BCUT2D eigenvalue weighted by atomic mass is 9.86. The lowest BCUT2D eigenvalue weighted by Gasteiger charge is -2.21. The van der Waals surface area contributed by atoms with Crippen LogP contribution in [0.3, 0.4) is 0 Å². The number of amides is 1. The molecule has 0 bridgehead atoms. The summed E-state index contributed by atoms with van der Waals surface area (Å²) in [6, 6.07) is 0. The Labute approximate surface area is 61.2 Å². The molecule has 0 radical (unpaired) electrons. The Morgan fingerprint density at radius 2 is 2.10 bits per heavy atom. The Morgan fingerprint density at radius 1 is 1.70 bits per heavy atom. The topological polar surface area (TPSA) is 63.3 Å². The van der Waals surface area contributed by atoms with Crippen molar-refractivity contribution in [3.8, 4) is 0 Å². The van der Waals surface area contributed by atoms with Gasteiger partial charge in [-0.15, -0.1) is 0 Å². The first-order valence-electron chi connectivity index (χ1n) is 3.34. The zero-order valence-corrected chi connectivity index (χ0v) is 6.72. The third-order valence-corrected chi connectivity index (χ3v) is 1.47. The number of carbonyl (C=O) groups is 1. The average molecular weight is 145 g/mol. The third kappa shape index (κ3) is 2.82. The standard InChI is InChI=1S/C7H15NO2/c1-5(9)4-7(2,3)6(8)10/h5,9H,4H2,1-3H3,(H2,8,10). The average Bonchev–Trinajstić information content (AvgIpc) is 1.60. The van der Waals surface area contributed by atoms with E-state index in [1.165, 1.54) is 0 Å². The summed E-state index contributed by atoms with van der Waals surface area (Å²) < 4.78 is 0. The molecule has 0 saturated carbocycles. The second-order valence-electron chi connectivity index (χ2n) is 3.30. The smallest absolute Gasteiger partial charge is 0.223 e. The monoisotopic (exact) mass is 145 g/mol. The molecule has 0 rings (SSSR count). The van der Waals surface area contributed by atoms with Crippen LogP contribution in [0.1, 0.15) is 27.2 Å². The molecule has 0 aliphatic rings. The molecular weight excluding hydrogens is 130 g/mol. The summed E-state index contributed by atoms with van der Waals surface area (Å²) in [5.41, 5.74) is 4.48. The zero-order valence-electron chi connectivity index (χ0n) is 6.72. The van der Waals surface area contributed by atoms with Crippen molar-refractivity contribution in [3.63, 3.8) is 0 Å². The molecule has 0 aliphatic heterocycles. The van der Waals surface area contributed by atoms with Gasteiger partial charge < -0.3 is 10.8 Å². The molecule has 10 heavy (non-hydrogen) atoms. The van der Waals surface area contributed by atoms with E-state index in [4.69, 9.17) is 10.8 Å². The van der Waals surface area contributed by atoms with E-state index in [1.54, 1.807) is 20.8 Å². The van der Waals surface area contributed by atoms with Crippen LogP contribution in [0.15, 0.2) is 0 Å². The van der Waals surface area contributed by atoms with Gasteiger partial charge in [0.25, 0.3) is 0 Å². The molecule has 1 unspecified atom stereocenters. The second-order valence-corrected chi connectivity index (χ2v) is 3.30. The maximum absolute atomic E-state index is 10.7. The van der Waals surface area contributed by atoms with Crippen molar-refractivity contribution in [1.29, 1.82) is 0 Å². The van der Waals surface area contributed by atoms with Crippen LogP contribution in [-0.4, -0.2) is 17.1 Å². The van der Waals surface area contributed by atoms with E-state index in [2.05, 4.69) is 0 Å². The van der Waals surface area contributed by atoms with Gasteiger partial charge in [0.1, 0.15) is 0 Å². The first kappa shape index (κ1) is 9.43. The van der Waals surface area contributed by atoms with Crippen molar-refractivity contribution in [1.82, 2.24) is 0 Å². The summed E-state index contributed by atoms with van der Waals surface area (Å²) in [6.45, 7) is 5.09. The number of carbonyl (C=O) groups excluding carboxylic acids is 1. The molecule has 0 aromatic heterocycles. The van der Waals surface area contributed by atoms with Gasteiger partial charge in [-0.1, -0.05) is 13.8 Å². The lowest BCUT2D eigenvalue weighted by Crippen LogP contribution is -2.34. The molecule has 0 spiro atoms. The van der Waals surface area contributed by atoms with Crippen LogP contribution in [0, 0.1) is 5.41 Å². The molecule has 3 N–H and O–H groups in total.